The molecule has 1 fully saturated rings. The van der Waals surface area contributed by atoms with E-state index in [2.05, 4.69) is 10.0 Å². The van der Waals surface area contributed by atoms with E-state index < -0.39 is 10.0 Å². The predicted molar refractivity (Wildman–Crippen MR) is 73.1 cm³/mol. The molecular formula is C13H20N2O2S. The zero-order valence-corrected chi connectivity index (χ0v) is 11.6. The van der Waals surface area contributed by atoms with Crippen molar-refractivity contribution in [2.75, 3.05) is 11.9 Å². The predicted octanol–water partition coefficient (Wildman–Crippen LogP) is 2.20. The summed E-state index contributed by atoms with van der Waals surface area (Å²) in [6, 6.07) is 6.95. The number of hydrogen-bond acceptors (Lipinski definition) is 3. The number of hydrogen-bond donors (Lipinski definition) is 2. The monoisotopic (exact) mass is 268 g/mol. The summed E-state index contributed by atoms with van der Waals surface area (Å²) in [7, 11) is -3.43. The largest absolute Gasteiger partial charge is 0.384 e. The van der Waals surface area contributed by atoms with E-state index in [-0.39, 0.29) is 6.04 Å². The zero-order valence-electron chi connectivity index (χ0n) is 10.8. The van der Waals surface area contributed by atoms with Gasteiger partial charge in [-0.1, -0.05) is 12.1 Å². The molecule has 1 saturated carbocycles. The molecule has 0 heterocycles. The highest BCUT2D eigenvalue weighted by Crippen LogP contribution is 2.30. The maximum absolute atomic E-state index is 12.2. The van der Waals surface area contributed by atoms with Crippen LogP contribution in [0.3, 0.4) is 0 Å². The molecule has 0 bridgehead atoms. The van der Waals surface area contributed by atoms with Crippen LogP contribution in [0.25, 0.3) is 0 Å². The molecular weight excluding hydrogens is 248 g/mol. The Labute approximate surface area is 109 Å². The standard InChI is InChI=1S/C13H20N2O2S/c1-10(2)15-18(16,17)13-6-4-3-5-12(13)14-9-11-7-8-11/h3-6,10-11,14-15H,7-9H2,1-2H3. The van der Waals surface area contributed by atoms with Crippen molar-refractivity contribution >= 4 is 15.7 Å². The Kier molecular flexibility index (Phi) is 3.92. The Morgan fingerprint density at radius 2 is 1.94 bits per heavy atom. The lowest BCUT2D eigenvalue weighted by Crippen LogP contribution is -2.30. The van der Waals surface area contributed by atoms with E-state index in [4.69, 9.17) is 0 Å². The van der Waals surface area contributed by atoms with Gasteiger partial charge in [-0.2, -0.15) is 0 Å². The first kappa shape index (κ1) is 13.4. The highest BCUT2D eigenvalue weighted by Gasteiger charge is 2.23. The van der Waals surface area contributed by atoms with Gasteiger partial charge in [0.15, 0.2) is 0 Å². The highest BCUT2D eigenvalue weighted by atomic mass is 32.2. The fraction of sp³-hybridized carbons (Fsp3) is 0.538. The second-order valence-corrected chi connectivity index (χ2v) is 6.78. The third-order valence-electron chi connectivity index (χ3n) is 2.85. The van der Waals surface area contributed by atoms with Crippen molar-refractivity contribution in [3.8, 4) is 0 Å². The van der Waals surface area contributed by atoms with E-state index in [0.29, 0.717) is 16.5 Å². The van der Waals surface area contributed by atoms with Crippen molar-refractivity contribution in [2.24, 2.45) is 5.92 Å². The number of benzene rings is 1. The summed E-state index contributed by atoms with van der Waals surface area (Å²) in [6.45, 7) is 4.49. The van der Waals surface area contributed by atoms with Gasteiger partial charge in [0.25, 0.3) is 0 Å². The van der Waals surface area contributed by atoms with Crippen molar-refractivity contribution in [3.05, 3.63) is 24.3 Å². The summed E-state index contributed by atoms with van der Waals surface area (Å²) in [6.07, 6.45) is 2.48. The van der Waals surface area contributed by atoms with Gasteiger partial charge in [-0.3, -0.25) is 0 Å². The maximum atomic E-state index is 12.2. The molecule has 2 N–H and O–H groups in total. The van der Waals surface area contributed by atoms with Gasteiger partial charge >= 0.3 is 0 Å². The van der Waals surface area contributed by atoms with Crippen molar-refractivity contribution in [3.63, 3.8) is 0 Å². The molecule has 1 aliphatic carbocycles. The topological polar surface area (TPSA) is 58.2 Å². The highest BCUT2D eigenvalue weighted by molar-refractivity contribution is 7.89. The number of anilines is 1. The smallest absolute Gasteiger partial charge is 0.242 e. The van der Waals surface area contributed by atoms with Gasteiger partial charge in [-0.15, -0.1) is 0 Å². The number of rotatable bonds is 6. The number of para-hydroxylation sites is 1. The Morgan fingerprint density at radius 3 is 2.56 bits per heavy atom. The quantitative estimate of drug-likeness (QED) is 0.831. The van der Waals surface area contributed by atoms with Crippen LogP contribution in [-0.2, 0) is 10.0 Å². The Balaban J connectivity index is 2.19. The molecule has 5 heteroatoms. The normalized spacial score (nSPS) is 15.9. The van der Waals surface area contributed by atoms with Crippen LogP contribution in [0.15, 0.2) is 29.2 Å². The van der Waals surface area contributed by atoms with Gasteiger partial charge in [0, 0.05) is 12.6 Å². The van der Waals surface area contributed by atoms with Crippen molar-refractivity contribution in [2.45, 2.75) is 37.6 Å². The lowest BCUT2D eigenvalue weighted by atomic mass is 10.3. The van der Waals surface area contributed by atoms with Crippen molar-refractivity contribution < 1.29 is 8.42 Å². The summed E-state index contributed by atoms with van der Waals surface area (Å²) in [4.78, 5) is 0.333. The second-order valence-electron chi connectivity index (χ2n) is 5.10. The first-order valence-electron chi connectivity index (χ1n) is 6.34. The van der Waals surface area contributed by atoms with Gasteiger partial charge in [0.2, 0.25) is 10.0 Å². The van der Waals surface area contributed by atoms with Crippen LogP contribution in [0.4, 0.5) is 5.69 Å². The van der Waals surface area contributed by atoms with Crippen LogP contribution in [0.5, 0.6) is 0 Å². The number of sulfonamides is 1. The summed E-state index contributed by atoms with van der Waals surface area (Å²) < 4.78 is 27.0. The van der Waals surface area contributed by atoms with Crippen molar-refractivity contribution in [1.82, 2.24) is 4.72 Å². The second kappa shape index (κ2) is 5.28. The van der Waals surface area contributed by atoms with Gasteiger partial charge < -0.3 is 5.32 Å². The van der Waals surface area contributed by atoms with E-state index in [1.807, 2.05) is 26.0 Å². The fourth-order valence-electron chi connectivity index (χ4n) is 1.80. The van der Waals surface area contributed by atoms with E-state index in [1.54, 1.807) is 12.1 Å². The minimum Gasteiger partial charge on any atom is -0.384 e. The lowest BCUT2D eigenvalue weighted by molar-refractivity contribution is 0.570. The molecule has 2 rings (SSSR count). The molecule has 0 unspecified atom stereocenters. The zero-order chi connectivity index (χ0) is 13.2. The maximum Gasteiger partial charge on any atom is 0.242 e. The Morgan fingerprint density at radius 1 is 1.28 bits per heavy atom. The van der Waals surface area contributed by atoms with Crippen LogP contribution in [0, 0.1) is 5.92 Å². The third kappa shape index (κ3) is 3.46. The molecule has 1 aliphatic rings. The van der Waals surface area contributed by atoms with E-state index in [9.17, 15) is 8.42 Å². The summed E-state index contributed by atoms with van der Waals surface area (Å²) >= 11 is 0. The van der Waals surface area contributed by atoms with Gasteiger partial charge in [-0.05, 0) is 44.7 Å². The average Bonchev–Trinajstić information content (AvgIpc) is 3.08. The van der Waals surface area contributed by atoms with Crippen LogP contribution < -0.4 is 10.0 Å². The Bertz CT molecular complexity index is 507. The molecule has 100 valence electrons. The molecule has 0 amide bonds. The summed E-state index contributed by atoms with van der Waals surface area (Å²) in [5.74, 6) is 0.707. The minimum absolute atomic E-state index is 0.105. The fourth-order valence-corrected chi connectivity index (χ4v) is 3.23. The van der Waals surface area contributed by atoms with E-state index in [1.165, 1.54) is 12.8 Å². The van der Waals surface area contributed by atoms with Crippen LogP contribution in [0.2, 0.25) is 0 Å². The molecule has 0 atom stereocenters. The van der Waals surface area contributed by atoms with Crippen LogP contribution >= 0.6 is 0 Å². The molecule has 0 spiro atoms. The molecule has 18 heavy (non-hydrogen) atoms. The van der Waals surface area contributed by atoms with E-state index >= 15 is 0 Å². The van der Waals surface area contributed by atoms with Crippen LogP contribution in [-0.4, -0.2) is 21.0 Å². The number of nitrogens with one attached hydrogen (secondary N) is 2. The van der Waals surface area contributed by atoms with E-state index in [0.717, 1.165) is 6.54 Å². The first-order chi connectivity index (χ1) is 8.49. The van der Waals surface area contributed by atoms with Gasteiger partial charge in [0.1, 0.15) is 4.90 Å². The average molecular weight is 268 g/mol. The molecule has 0 aliphatic heterocycles. The van der Waals surface area contributed by atoms with Gasteiger partial charge in [0.05, 0.1) is 5.69 Å². The SMILES string of the molecule is CC(C)NS(=O)(=O)c1ccccc1NCC1CC1. The van der Waals surface area contributed by atoms with Crippen molar-refractivity contribution in [1.29, 1.82) is 0 Å². The Hall–Kier alpha value is -1.07. The first-order valence-corrected chi connectivity index (χ1v) is 7.82. The van der Waals surface area contributed by atoms with Gasteiger partial charge in [-0.25, -0.2) is 13.1 Å². The summed E-state index contributed by atoms with van der Waals surface area (Å²) in [5, 5.41) is 3.24. The molecule has 0 aromatic heterocycles. The molecule has 0 radical (unpaired) electrons. The molecule has 1 aromatic rings. The molecule has 0 saturated heterocycles. The minimum atomic E-state index is -3.43. The molecule has 4 nitrogen and oxygen atoms in total. The molecule has 1 aromatic carbocycles. The summed E-state index contributed by atoms with van der Waals surface area (Å²) in [5.41, 5.74) is 0.692. The third-order valence-corrected chi connectivity index (χ3v) is 4.56. The lowest BCUT2D eigenvalue weighted by Gasteiger charge is -2.14. The van der Waals surface area contributed by atoms with Crippen LogP contribution in [0.1, 0.15) is 26.7 Å².